The van der Waals surface area contributed by atoms with E-state index in [2.05, 4.69) is 15.1 Å². The topological polar surface area (TPSA) is 9.23 Å². The van der Waals surface area contributed by atoms with Crippen LogP contribution in [0.15, 0.2) is 0 Å². The van der Waals surface area contributed by atoms with Crippen LogP contribution in [0.5, 0.6) is 0 Å². The molecule has 0 rings (SSSR count). The Bertz CT molecular complexity index is 109. The Balaban J connectivity index is 3.56. The molecule has 1 atom stereocenters. The van der Waals surface area contributed by atoms with E-state index in [9.17, 15) is 4.20 Å². The van der Waals surface area contributed by atoms with Crippen molar-refractivity contribution in [3.05, 3.63) is 0 Å². The molecule has 0 aromatic carbocycles. The molecule has 0 radical (unpaired) electrons. The molecular weight excluding hydrogens is 193 g/mol. The Morgan fingerprint density at radius 2 is 2.00 bits per heavy atom. The third-order valence-electron chi connectivity index (χ3n) is 0.399. The molecule has 0 aliphatic rings. The fraction of sp³-hybridized carbons (Fsp3) is 1.00. The van der Waals surface area contributed by atoms with Crippen molar-refractivity contribution in [1.29, 1.82) is 0 Å². The Morgan fingerprint density at radius 3 is 2.00 bits per heavy atom. The van der Waals surface area contributed by atoms with Gasteiger partial charge in [0.2, 0.25) is 0 Å². The predicted octanol–water partition coefficient (Wildman–Crippen LogP) is 1.94. The van der Waals surface area contributed by atoms with Gasteiger partial charge in [0.05, 0.1) is 0 Å². The van der Waals surface area contributed by atoms with Crippen LogP contribution in [0.2, 0.25) is 0 Å². The first-order valence-corrected chi connectivity index (χ1v) is 6.63. The molecule has 0 aromatic heterocycles. The van der Waals surface area contributed by atoms with E-state index >= 15 is 0 Å². The van der Waals surface area contributed by atoms with E-state index in [1.165, 1.54) is 6.66 Å². The molecule has 50 valence electrons. The Hall–Kier alpha value is 0.839. The van der Waals surface area contributed by atoms with E-state index < -0.39 is 6.05 Å². The second kappa shape index (κ2) is 3.12. The Labute approximate surface area is 57.0 Å². The van der Waals surface area contributed by atoms with E-state index in [-0.39, 0.29) is 6.10 Å². The number of halogens is 1. The van der Waals surface area contributed by atoms with Crippen molar-refractivity contribution >= 4 is 21.1 Å². The van der Waals surface area contributed by atoms with Gasteiger partial charge >= 0.3 is 56.5 Å². The molecule has 4 heteroatoms. The van der Waals surface area contributed by atoms with Gasteiger partial charge in [0.25, 0.3) is 0 Å². The van der Waals surface area contributed by atoms with Gasteiger partial charge in [0, 0.05) is 0 Å². The molecule has 0 saturated heterocycles. The Morgan fingerprint density at radius 1 is 1.62 bits per heavy atom. The molecule has 0 spiro atoms. The van der Waals surface area contributed by atoms with Gasteiger partial charge in [-0.1, -0.05) is 0 Å². The van der Waals surface area contributed by atoms with E-state index in [1.807, 2.05) is 13.8 Å². The third kappa shape index (κ3) is 6.84. The van der Waals surface area contributed by atoms with Gasteiger partial charge in [-0.05, 0) is 0 Å². The van der Waals surface area contributed by atoms with Crippen molar-refractivity contribution in [3.8, 4) is 0 Å². The van der Waals surface area contributed by atoms with Crippen molar-refractivity contribution in [1.82, 2.24) is 0 Å². The maximum atomic E-state index is 12.5. The third-order valence-corrected chi connectivity index (χ3v) is 1.74. The molecule has 0 heterocycles. The van der Waals surface area contributed by atoms with Crippen molar-refractivity contribution < 1.29 is 8.72 Å². The second-order valence-corrected chi connectivity index (χ2v) is 7.71. The molecule has 0 fully saturated rings. The number of hydrogen-bond donors (Lipinski definition) is 0. The fourth-order valence-electron chi connectivity index (χ4n) is 0.377. The van der Waals surface area contributed by atoms with Crippen molar-refractivity contribution in [3.63, 3.8) is 0 Å². The summed E-state index contributed by atoms with van der Waals surface area (Å²) in [4.78, 5) is 0. The molecule has 8 heavy (non-hydrogen) atoms. The van der Waals surface area contributed by atoms with Crippen LogP contribution >= 0.6 is 6.05 Å². The van der Waals surface area contributed by atoms with Gasteiger partial charge in [0.15, 0.2) is 0 Å². The van der Waals surface area contributed by atoms with E-state index in [1.54, 1.807) is 0 Å². The predicted molar refractivity (Wildman–Crippen MR) is 35.9 cm³/mol. The van der Waals surface area contributed by atoms with Crippen molar-refractivity contribution in [2.24, 2.45) is 0 Å². The molecule has 1 nitrogen and oxygen atoms in total. The van der Waals surface area contributed by atoms with Crippen LogP contribution in [-0.4, -0.2) is 27.9 Å². The van der Waals surface area contributed by atoms with Crippen LogP contribution in [0.25, 0.3) is 0 Å². The summed E-state index contributed by atoms with van der Waals surface area (Å²) in [5, 5.41) is 0. The van der Waals surface area contributed by atoms with Crippen LogP contribution < -0.4 is 0 Å². The summed E-state index contributed by atoms with van der Waals surface area (Å²) in [6.07, 6.45) is -0.0143. The average molecular weight is 203 g/mol. The number of hydrogen-bond acceptors (Lipinski definition) is 1. The molecule has 0 aromatic rings. The SMILES string of the molecule is CC(C)OP(C)(F)=[Se]. The standard InChI is InChI=1S/C4H10FOPSe/c1-4(2)6-7(3,5)8/h4H,1-3H3. The quantitative estimate of drug-likeness (QED) is 0.492. The molecule has 1 unspecified atom stereocenters. The van der Waals surface area contributed by atoms with Crippen LogP contribution in [-0.2, 0) is 4.52 Å². The molecule has 0 aliphatic carbocycles. The first-order chi connectivity index (χ1) is 3.42. The van der Waals surface area contributed by atoms with Crippen LogP contribution in [0.3, 0.4) is 0 Å². The van der Waals surface area contributed by atoms with E-state index in [0.717, 1.165) is 0 Å². The zero-order valence-electron chi connectivity index (χ0n) is 5.22. The first kappa shape index (κ1) is 8.84. The summed E-state index contributed by atoms with van der Waals surface area (Å²) in [5.41, 5.74) is 0. The fourth-order valence-corrected chi connectivity index (χ4v) is 2.21. The van der Waals surface area contributed by atoms with Gasteiger partial charge in [0.1, 0.15) is 0 Å². The minimum absolute atomic E-state index is 0.0143. The van der Waals surface area contributed by atoms with Crippen LogP contribution in [0.4, 0.5) is 4.20 Å². The van der Waals surface area contributed by atoms with E-state index in [0.29, 0.717) is 0 Å². The normalized spacial score (nSPS) is 18.6. The molecular formula is C4H10FOPSe. The second-order valence-electron chi connectivity index (χ2n) is 1.90. The zero-order valence-corrected chi connectivity index (χ0v) is 7.83. The molecule has 0 aliphatic heterocycles. The zero-order chi connectivity index (χ0) is 6.78. The van der Waals surface area contributed by atoms with Gasteiger partial charge in [-0.15, -0.1) is 0 Å². The van der Waals surface area contributed by atoms with Gasteiger partial charge in [-0.3, -0.25) is 0 Å². The molecule has 0 N–H and O–H groups in total. The summed E-state index contributed by atoms with van der Waals surface area (Å²) in [6.45, 7) is 5.08. The summed E-state index contributed by atoms with van der Waals surface area (Å²) in [5.74, 6) is 0. The molecule has 0 bridgehead atoms. The average Bonchev–Trinajstić information content (AvgIpc) is 1.21. The minimum atomic E-state index is -2.60. The van der Waals surface area contributed by atoms with Gasteiger partial charge < -0.3 is 0 Å². The van der Waals surface area contributed by atoms with Gasteiger partial charge in [-0.25, -0.2) is 0 Å². The summed E-state index contributed by atoms with van der Waals surface area (Å²) in [7, 11) is 0. The summed E-state index contributed by atoms with van der Waals surface area (Å²) in [6, 6.07) is -2.60. The maximum absolute atomic E-state index is 12.5. The number of rotatable bonds is 2. The van der Waals surface area contributed by atoms with Crippen LogP contribution in [0, 0.1) is 0 Å². The van der Waals surface area contributed by atoms with Crippen LogP contribution in [0.1, 0.15) is 13.8 Å². The van der Waals surface area contributed by atoms with Crippen molar-refractivity contribution in [2.45, 2.75) is 20.0 Å². The monoisotopic (exact) mass is 204 g/mol. The summed E-state index contributed by atoms with van der Waals surface area (Å²) < 4.78 is 17.3. The van der Waals surface area contributed by atoms with Crippen molar-refractivity contribution in [2.75, 3.05) is 6.66 Å². The molecule has 0 amide bonds. The Kier molecular flexibility index (Phi) is 3.45. The van der Waals surface area contributed by atoms with Gasteiger partial charge in [-0.2, -0.15) is 0 Å². The van der Waals surface area contributed by atoms with E-state index in [4.69, 9.17) is 4.52 Å². The molecule has 0 saturated carbocycles. The summed E-state index contributed by atoms with van der Waals surface area (Å²) >= 11 is 2.37. The first-order valence-electron chi connectivity index (χ1n) is 2.37.